The average Bonchev–Trinajstić information content (AvgIpc) is 3.28. The smallest absolute Gasteiger partial charge is 0.317 e. The molecule has 0 saturated carbocycles. The van der Waals surface area contributed by atoms with Gasteiger partial charge in [-0.2, -0.15) is 5.10 Å². The number of imidazole rings is 1. The third-order valence-corrected chi connectivity index (χ3v) is 5.94. The monoisotopic (exact) mass is 357 g/mol. The summed E-state index contributed by atoms with van der Waals surface area (Å²) in [7, 11) is 3.63. The van der Waals surface area contributed by atoms with E-state index in [0.29, 0.717) is 0 Å². The minimum atomic E-state index is -0.0853. The number of aryl methyl sites for hydroxylation is 1. The van der Waals surface area contributed by atoms with E-state index in [9.17, 15) is 4.79 Å². The number of hydrogen-bond acceptors (Lipinski definition) is 4. The molecular weight excluding hydrogens is 330 g/mol. The van der Waals surface area contributed by atoms with E-state index in [-0.39, 0.29) is 11.6 Å². The molecule has 0 bridgehead atoms. The van der Waals surface area contributed by atoms with Gasteiger partial charge >= 0.3 is 6.03 Å². The number of nitrogens with one attached hydrogen (secondary N) is 1. The van der Waals surface area contributed by atoms with E-state index in [4.69, 9.17) is 4.98 Å². The van der Waals surface area contributed by atoms with Gasteiger partial charge in [0.05, 0.1) is 23.6 Å². The molecule has 1 spiro atoms. The van der Waals surface area contributed by atoms with Crippen LogP contribution >= 0.6 is 0 Å². The van der Waals surface area contributed by atoms with E-state index in [1.54, 1.807) is 7.05 Å². The van der Waals surface area contributed by atoms with Gasteiger partial charge in [-0.1, -0.05) is 6.92 Å². The lowest BCUT2D eigenvalue weighted by Gasteiger charge is -2.50. The van der Waals surface area contributed by atoms with Crippen molar-refractivity contribution in [3.63, 3.8) is 0 Å². The van der Waals surface area contributed by atoms with Gasteiger partial charge in [0.25, 0.3) is 0 Å². The number of piperidine rings is 1. The highest BCUT2D eigenvalue weighted by atomic mass is 16.2. The maximum atomic E-state index is 12.0. The summed E-state index contributed by atoms with van der Waals surface area (Å²) in [6.07, 6.45) is 7.75. The number of urea groups is 1. The highest BCUT2D eigenvalue weighted by Gasteiger charge is 2.47. The van der Waals surface area contributed by atoms with Gasteiger partial charge in [-0.3, -0.25) is 9.58 Å². The molecule has 8 heteroatoms. The zero-order valence-corrected chi connectivity index (χ0v) is 15.8. The number of aromatic nitrogens is 4. The normalized spacial score (nSPS) is 19.6. The molecule has 0 aromatic carbocycles. The Bertz CT molecular complexity index is 800. The fraction of sp³-hybridized carbons (Fsp3) is 0.611. The molecule has 2 aliphatic heterocycles. The Kier molecular flexibility index (Phi) is 4.22. The molecule has 8 nitrogen and oxygen atoms in total. The van der Waals surface area contributed by atoms with Gasteiger partial charge in [-0.25, -0.2) is 9.78 Å². The molecule has 1 saturated heterocycles. The third kappa shape index (κ3) is 2.51. The van der Waals surface area contributed by atoms with Crippen molar-refractivity contribution in [2.45, 2.75) is 31.8 Å². The largest absolute Gasteiger partial charge is 0.341 e. The van der Waals surface area contributed by atoms with E-state index in [0.717, 1.165) is 62.6 Å². The van der Waals surface area contributed by atoms with Gasteiger partial charge in [0.2, 0.25) is 0 Å². The summed E-state index contributed by atoms with van der Waals surface area (Å²) < 4.78 is 4.19. The average molecular weight is 357 g/mol. The number of carbonyl (C=O) groups excluding carboxylic acids is 1. The third-order valence-electron chi connectivity index (χ3n) is 5.94. The van der Waals surface area contributed by atoms with Crippen LogP contribution in [0.1, 0.15) is 25.6 Å². The quantitative estimate of drug-likeness (QED) is 0.878. The van der Waals surface area contributed by atoms with Gasteiger partial charge in [-0.05, 0) is 19.4 Å². The molecule has 2 aromatic heterocycles. The van der Waals surface area contributed by atoms with Gasteiger partial charge in [0.15, 0.2) is 0 Å². The van der Waals surface area contributed by atoms with Gasteiger partial charge < -0.3 is 14.8 Å². The molecule has 4 rings (SSSR count). The van der Waals surface area contributed by atoms with Crippen molar-refractivity contribution in [2.24, 2.45) is 7.05 Å². The van der Waals surface area contributed by atoms with Crippen LogP contribution in [0.4, 0.5) is 4.79 Å². The van der Waals surface area contributed by atoms with Crippen LogP contribution in [0.15, 0.2) is 18.6 Å². The van der Waals surface area contributed by atoms with E-state index < -0.39 is 0 Å². The van der Waals surface area contributed by atoms with Crippen LogP contribution in [0, 0.1) is 0 Å². The zero-order valence-electron chi connectivity index (χ0n) is 15.8. The summed E-state index contributed by atoms with van der Waals surface area (Å²) in [5, 5.41) is 7.05. The molecule has 0 unspecified atom stereocenters. The Morgan fingerprint density at radius 1 is 1.23 bits per heavy atom. The van der Waals surface area contributed by atoms with E-state index in [1.807, 2.05) is 35.2 Å². The maximum Gasteiger partial charge on any atom is 0.317 e. The second kappa shape index (κ2) is 6.42. The van der Waals surface area contributed by atoms with E-state index >= 15 is 0 Å². The molecular formula is C18H27N7O. The number of nitrogens with zero attached hydrogens (tertiary/aromatic N) is 6. The number of carbonyl (C=O) groups is 1. The molecule has 4 heterocycles. The van der Waals surface area contributed by atoms with E-state index in [1.165, 1.54) is 0 Å². The van der Waals surface area contributed by atoms with Crippen LogP contribution in [-0.2, 0) is 19.1 Å². The van der Waals surface area contributed by atoms with Gasteiger partial charge in [-0.15, -0.1) is 0 Å². The Morgan fingerprint density at radius 3 is 2.62 bits per heavy atom. The predicted molar refractivity (Wildman–Crippen MR) is 98.6 cm³/mol. The summed E-state index contributed by atoms with van der Waals surface area (Å²) in [4.78, 5) is 21.3. The van der Waals surface area contributed by atoms with Crippen LogP contribution in [-0.4, -0.2) is 68.4 Å². The summed E-state index contributed by atoms with van der Waals surface area (Å²) in [6.45, 7) is 6.67. The van der Waals surface area contributed by atoms with Crippen LogP contribution in [0.25, 0.3) is 11.3 Å². The Hall–Kier alpha value is -2.35. The maximum absolute atomic E-state index is 12.0. The standard InChI is InChI=1S/C18H27N7O/c1-4-24-9-10-25-15(14-11-21-22(3)13-14)12-20-16(25)18(24)5-7-23(8-6-18)17(26)19-2/h11-13H,4-10H2,1-3H3,(H,19,26). The first-order chi connectivity index (χ1) is 12.6. The second-order valence-electron chi connectivity index (χ2n) is 7.17. The van der Waals surface area contributed by atoms with Crippen molar-refractivity contribution >= 4 is 6.03 Å². The Labute approximate surface area is 153 Å². The van der Waals surface area contributed by atoms with Crippen molar-refractivity contribution in [1.82, 2.24) is 34.4 Å². The van der Waals surface area contributed by atoms with Crippen molar-refractivity contribution in [1.29, 1.82) is 0 Å². The van der Waals surface area contributed by atoms with Crippen molar-refractivity contribution in [3.05, 3.63) is 24.4 Å². The number of amides is 2. The molecule has 1 N–H and O–H groups in total. The lowest BCUT2D eigenvalue weighted by molar-refractivity contribution is 0.00288. The topological polar surface area (TPSA) is 71.2 Å². The second-order valence-corrected chi connectivity index (χ2v) is 7.17. The molecule has 140 valence electrons. The van der Waals surface area contributed by atoms with Crippen LogP contribution in [0.3, 0.4) is 0 Å². The van der Waals surface area contributed by atoms with Crippen molar-refractivity contribution in [2.75, 3.05) is 33.2 Å². The molecule has 0 radical (unpaired) electrons. The first kappa shape index (κ1) is 17.1. The molecule has 0 aliphatic carbocycles. The summed E-state index contributed by atoms with van der Waals surface area (Å²) in [5.74, 6) is 1.14. The summed E-state index contributed by atoms with van der Waals surface area (Å²) in [5.41, 5.74) is 2.16. The zero-order chi connectivity index (χ0) is 18.3. The molecule has 26 heavy (non-hydrogen) atoms. The SMILES string of the molecule is CCN1CCn2c(-c3cnn(C)c3)cnc2C12CCN(C(=O)NC)CC2. The van der Waals surface area contributed by atoms with Gasteiger partial charge in [0, 0.05) is 52.0 Å². The molecule has 2 aromatic rings. The number of fused-ring (bicyclic) bond motifs is 2. The lowest BCUT2D eigenvalue weighted by Crippen LogP contribution is -2.59. The summed E-state index contributed by atoms with van der Waals surface area (Å²) in [6, 6.07) is 0.0121. The first-order valence-corrected chi connectivity index (χ1v) is 9.36. The lowest BCUT2D eigenvalue weighted by atomic mass is 9.83. The van der Waals surface area contributed by atoms with Crippen molar-refractivity contribution < 1.29 is 4.79 Å². The number of hydrogen-bond donors (Lipinski definition) is 1. The predicted octanol–water partition coefficient (Wildman–Crippen LogP) is 1.25. The number of rotatable bonds is 2. The van der Waals surface area contributed by atoms with Crippen LogP contribution < -0.4 is 5.32 Å². The van der Waals surface area contributed by atoms with E-state index in [2.05, 4.69) is 26.8 Å². The van der Waals surface area contributed by atoms with Gasteiger partial charge in [0.1, 0.15) is 5.82 Å². The minimum absolute atomic E-state index is 0.0121. The highest BCUT2D eigenvalue weighted by Crippen LogP contribution is 2.42. The first-order valence-electron chi connectivity index (χ1n) is 9.36. The number of likely N-dealkylation sites (N-methyl/N-ethyl adjacent to an activating group) is 1. The molecule has 2 aliphatic rings. The molecule has 0 atom stereocenters. The molecule has 2 amide bonds. The Morgan fingerprint density at radius 2 is 2.00 bits per heavy atom. The number of likely N-dealkylation sites (tertiary alicyclic amines) is 1. The molecule has 1 fully saturated rings. The Balaban J connectivity index is 1.70. The summed E-state index contributed by atoms with van der Waals surface area (Å²) >= 11 is 0. The van der Waals surface area contributed by atoms with Crippen LogP contribution in [0.2, 0.25) is 0 Å². The fourth-order valence-corrected chi connectivity index (χ4v) is 4.57. The highest BCUT2D eigenvalue weighted by molar-refractivity contribution is 5.73. The fourth-order valence-electron chi connectivity index (χ4n) is 4.57. The van der Waals surface area contributed by atoms with Crippen molar-refractivity contribution in [3.8, 4) is 11.3 Å². The van der Waals surface area contributed by atoms with Crippen LogP contribution in [0.5, 0.6) is 0 Å². The minimum Gasteiger partial charge on any atom is -0.341 e.